The van der Waals surface area contributed by atoms with Gasteiger partial charge in [-0.3, -0.25) is 9.59 Å². The minimum absolute atomic E-state index is 0.109. The molecule has 0 atom stereocenters. The topological polar surface area (TPSA) is 55.8 Å². The molecule has 2 heterocycles. The number of hydrogen-bond acceptors (Lipinski definition) is 4. The van der Waals surface area contributed by atoms with Crippen LogP contribution in [-0.2, 0) is 30.9 Å². The number of rotatable bonds is 2. The van der Waals surface area contributed by atoms with E-state index in [0.29, 0.717) is 26.1 Å². The van der Waals surface area contributed by atoms with Gasteiger partial charge in [0, 0.05) is 20.3 Å². The molecule has 0 saturated carbocycles. The van der Waals surface area contributed by atoms with E-state index in [4.69, 9.17) is 9.47 Å². The predicted octanol–water partition coefficient (Wildman–Crippen LogP) is 2.60. The zero-order valence-electron chi connectivity index (χ0n) is 14.8. The Balaban J connectivity index is 1.96. The first-order chi connectivity index (χ1) is 11.2. The summed E-state index contributed by atoms with van der Waals surface area (Å²) < 4.78 is 10.9. The molecule has 130 valence electrons. The minimum Gasteiger partial charge on any atom is -0.460 e. The maximum atomic E-state index is 13.0. The molecule has 0 N–H and O–H groups in total. The maximum Gasteiger partial charge on any atom is 0.310 e. The van der Waals surface area contributed by atoms with Crippen LogP contribution >= 0.6 is 0 Å². The van der Waals surface area contributed by atoms with Crippen molar-refractivity contribution in [3.05, 3.63) is 29.3 Å². The smallest absolute Gasteiger partial charge is 0.310 e. The molecule has 5 heteroatoms. The molecule has 0 aromatic heterocycles. The average molecular weight is 331 g/mol. The van der Waals surface area contributed by atoms with Gasteiger partial charge in [-0.2, -0.15) is 0 Å². The highest BCUT2D eigenvalue weighted by atomic mass is 16.6. The summed E-state index contributed by atoms with van der Waals surface area (Å²) in [4.78, 5) is 26.9. The first kappa shape index (κ1) is 17.0. The first-order valence-corrected chi connectivity index (χ1v) is 8.45. The number of likely N-dealkylation sites (N-methyl/N-ethyl adjacent to an activating group) is 1. The second-order valence-electron chi connectivity index (χ2n) is 7.64. The molecule has 5 nitrogen and oxygen atoms in total. The molecule has 1 spiro atoms. The van der Waals surface area contributed by atoms with Crippen LogP contribution in [0.25, 0.3) is 0 Å². The molecule has 0 unspecified atom stereocenters. The Kier molecular flexibility index (Phi) is 4.16. The highest BCUT2D eigenvalue weighted by Crippen LogP contribution is 2.48. The fourth-order valence-corrected chi connectivity index (χ4v) is 3.79. The monoisotopic (exact) mass is 331 g/mol. The Morgan fingerprint density at radius 2 is 1.96 bits per heavy atom. The number of para-hydroxylation sites is 1. The third kappa shape index (κ3) is 2.81. The number of benzene rings is 1. The van der Waals surface area contributed by atoms with E-state index >= 15 is 0 Å². The van der Waals surface area contributed by atoms with Gasteiger partial charge in [0.15, 0.2) is 0 Å². The van der Waals surface area contributed by atoms with Gasteiger partial charge in [-0.25, -0.2) is 0 Å². The molecule has 2 aliphatic rings. The predicted molar refractivity (Wildman–Crippen MR) is 91.1 cm³/mol. The molecule has 0 radical (unpaired) electrons. The Bertz CT molecular complexity index is 668. The SMILES string of the molecule is CN1C(=O)C2(CCOCC2)c2cccc(CC(=O)OC(C)(C)C)c21. The standard InChI is InChI=1S/C19H25NO4/c1-18(2,3)24-15(21)12-13-6-5-7-14-16(13)20(4)17(22)19(14)8-10-23-11-9-19/h5-7H,8-12H2,1-4H3. The Labute approximate surface area is 142 Å². The number of amides is 1. The number of nitrogens with zero attached hydrogens (tertiary/aromatic N) is 1. The van der Waals surface area contributed by atoms with Crippen LogP contribution in [0.5, 0.6) is 0 Å². The van der Waals surface area contributed by atoms with Crippen molar-refractivity contribution < 1.29 is 19.1 Å². The first-order valence-electron chi connectivity index (χ1n) is 8.45. The van der Waals surface area contributed by atoms with Gasteiger partial charge in [0.1, 0.15) is 5.60 Å². The van der Waals surface area contributed by atoms with E-state index < -0.39 is 11.0 Å². The normalized spacial score (nSPS) is 19.5. The third-order valence-corrected chi connectivity index (χ3v) is 4.79. The molecule has 1 aromatic rings. The summed E-state index contributed by atoms with van der Waals surface area (Å²) in [6.07, 6.45) is 1.56. The second-order valence-corrected chi connectivity index (χ2v) is 7.64. The summed E-state index contributed by atoms with van der Waals surface area (Å²) in [5.74, 6) is -0.165. The number of fused-ring (bicyclic) bond motifs is 2. The van der Waals surface area contributed by atoms with Gasteiger partial charge in [-0.15, -0.1) is 0 Å². The van der Waals surface area contributed by atoms with Crippen LogP contribution in [0.2, 0.25) is 0 Å². The van der Waals surface area contributed by atoms with Gasteiger partial charge in [0.2, 0.25) is 5.91 Å². The summed E-state index contributed by atoms with van der Waals surface area (Å²) in [5, 5.41) is 0. The summed E-state index contributed by atoms with van der Waals surface area (Å²) in [6.45, 7) is 6.75. The zero-order chi connectivity index (χ0) is 17.5. The molecule has 1 fully saturated rings. The van der Waals surface area contributed by atoms with Crippen molar-refractivity contribution in [2.75, 3.05) is 25.2 Å². The number of carbonyl (C=O) groups excluding carboxylic acids is 2. The number of esters is 1. The van der Waals surface area contributed by atoms with Crippen LogP contribution in [-0.4, -0.2) is 37.7 Å². The second kappa shape index (κ2) is 5.88. The van der Waals surface area contributed by atoms with Gasteiger partial charge < -0.3 is 14.4 Å². The van der Waals surface area contributed by atoms with Crippen molar-refractivity contribution in [3.63, 3.8) is 0 Å². The van der Waals surface area contributed by atoms with Crippen molar-refractivity contribution in [2.24, 2.45) is 0 Å². The molecule has 0 aliphatic carbocycles. The lowest BCUT2D eigenvalue weighted by atomic mass is 9.75. The third-order valence-electron chi connectivity index (χ3n) is 4.79. The Hall–Kier alpha value is -1.88. The lowest BCUT2D eigenvalue weighted by Gasteiger charge is -2.32. The molecule has 1 saturated heterocycles. The summed E-state index contributed by atoms with van der Waals surface area (Å²) in [7, 11) is 1.80. The van der Waals surface area contributed by atoms with E-state index in [1.54, 1.807) is 11.9 Å². The molecular weight excluding hydrogens is 306 g/mol. The summed E-state index contributed by atoms with van der Waals surface area (Å²) in [5.41, 5.74) is 1.74. The number of hydrogen-bond donors (Lipinski definition) is 0. The van der Waals surface area contributed by atoms with Crippen molar-refractivity contribution in [1.29, 1.82) is 0 Å². The average Bonchev–Trinajstić information content (AvgIpc) is 2.70. The molecule has 0 bridgehead atoms. The van der Waals surface area contributed by atoms with Crippen molar-refractivity contribution in [3.8, 4) is 0 Å². The lowest BCUT2D eigenvalue weighted by molar-refractivity contribution is -0.153. The van der Waals surface area contributed by atoms with Gasteiger partial charge >= 0.3 is 5.97 Å². The van der Waals surface area contributed by atoms with Gasteiger partial charge in [-0.05, 0) is 44.7 Å². The van der Waals surface area contributed by atoms with Gasteiger partial charge in [0.05, 0.1) is 17.5 Å². The highest BCUT2D eigenvalue weighted by Gasteiger charge is 2.51. The van der Waals surface area contributed by atoms with Crippen LogP contribution in [0.15, 0.2) is 18.2 Å². The number of anilines is 1. The van der Waals surface area contributed by atoms with E-state index in [-0.39, 0.29) is 18.3 Å². The van der Waals surface area contributed by atoms with Crippen molar-refractivity contribution in [2.45, 2.75) is 51.0 Å². The van der Waals surface area contributed by atoms with Crippen LogP contribution in [0.4, 0.5) is 5.69 Å². The van der Waals surface area contributed by atoms with E-state index in [1.165, 1.54) is 0 Å². The molecule has 2 aliphatic heterocycles. The van der Waals surface area contributed by atoms with Gasteiger partial charge in [0.25, 0.3) is 0 Å². The van der Waals surface area contributed by atoms with Crippen LogP contribution < -0.4 is 4.90 Å². The summed E-state index contributed by atoms with van der Waals surface area (Å²) in [6, 6.07) is 5.85. The molecule has 3 rings (SSSR count). The fourth-order valence-electron chi connectivity index (χ4n) is 3.79. The maximum absolute atomic E-state index is 13.0. The fraction of sp³-hybridized carbons (Fsp3) is 0.579. The highest BCUT2D eigenvalue weighted by molar-refractivity contribution is 6.09. The zero-order valence-corrected chi connectivity index (χ0v) is 14.8. The van der Waals surface area contributed by atoms with Crippen LogP contribution in [0.3, 0.4) is 0 Å². The van der Waals surface area contributed by atoms with E-state index in [9.17, 15) is 9.59 Å². The molecule has 1 aromatic carbocycles. The number of carbonyl (C=O) groups is 2. The number of ether oxygens (including phenoxy) is 2. The van der Waals surface area contributed by atoms with E-state index in [1.807, 2.05) is 39.0 Å². The quantitative estimate of drug-likeness (QED) is 0.782. The van der Waals surface area contributed by atoms with Crippen molar-refractivity contribution >= 4 is 17.6 Å². The van der Waals surface area contributed by atoms with Gasteiger partial charge in [-0.1, -0.05) is 18.2 Å². The lowest BCUT2D eigenvalue weighted by Crippen LogP contribution is -2.42. The summed E-state index contributed by atoms with van der Waals surface area (Å²) >= 11 is 0. The van der Waals surface area contributed by atoms with E-state index in [0.717, 1.165) is 16.8 Å². The van der Waals surface area contributed by atoms with E-state index in [2.05, 4.69) is 0 Å². The Morgan fingerprint density at radius 1 is 1.29 bits per heavy atom. The molecule has 1 amide bonds. The minimum atomic E-state index is -0.515. The van der Waals surface area contributed by atoms with Crippen LogP contribution in [0, 0.1) is 0 Å². The molecular formula is C19H25NO4. The Morgan fingerprint density at radius 3 is 2.58 bits per heavy atom. The largest absolute Gasteiger partial charge is 0.460 e. The molecule has 24 heavy (non-hydrogen) atoms. The van der Waals surface area contributed by atoms with Crippen LogP contribution in [0.1, 0.15) is 44.7 Å². The van der Waals surface area contributed by atoms with Crippen molar-refractivity contribution in [1.82, 2.24) is 0 Å².